The molecule has 0 aromatic heterocycles. The van der Waals surface area contributed by atoms with E-state index in [0.717, 1.165) is 19.1 Å². The van der Waals surface area contributed by atoms with E-state index >= 15 is 0 Å². The molecule has 2 aliphatic rings. The molecule has 1 N–H and O–H groups in total. The van der Waals surface area contributed by atoms with Crippen LogP contribution in [0.1, 0.15) is 32.1 Å². The molecule has 0 aromatic rings. The monoisotopic (exact) mass is 169 g/mol. The second-order valence-electron chi connectivity index (χ2n) is 4.09. The van der Waals surface area contributed by atoms with E-state index in [1.165, 1.54) is 38.6 Å². The average Bonchev–Trinajstić information content (AvgIpc) is 2.46. The standard InChI is InChI=1S/C10H19NO/c1-3-9(4-1)7-11-8-10-5-2-6-12-10/h9-11H,1-8H2/t10-/m0/s1. The zero-order valence-corrected chi connectivity index (χ0v) is 7.72. The summed E-state index contributed by atoms with van der Waals surface area (Å²) in [5, 5.41) is 3.50. The van der Waals surface area contributed by atoms with Gasteiger partial charge in [-0.05, 0) is 38.1 Å². The summed E-state index contributed by atoms with van der Waals surface area (Å²) in [6, 6.07) is 0. The van der Waals surface area contributed by atoms with Gasteiger partial charge < -0.3 is 10.1 Å². The SMILES string of the molecule is C1CC(CNC[C@@H]2CCCO2)C1. The van der Waals surface area contributed by atoms with Crippen LogP contribution in [-0.4, -0.2) is 25.8 Å². The number of ether oxygens (including phenoxy) is 1. The maximum atomic E-state index is 5.52. The largest absolute Gasteiger partial charge is 0.377 e. The van der Waals surface area contributed by atoms with Gasteiger partial charge in [0.05, 0.1) is 6.10 Å². The molecule has 1 heterocycles. The fourth-order valence-electron chi connectivity index (χ4n) is 1.95. The summed E-state index contributed by atoms with van der Waals surface area (Å²) in [6.45, 7) is 3.28. The van der Waals surface area contributed by atoms with Gasteiger partial charge in [0.25, 0.3) is 0 Å². The number of rotatable bonds is 4. The van der Waals surface area contributed by atoms with Crippen LogP contribution in [0.4, 0.5) is 0 Å². The van der Waals surface area contributed by atoms with E-state index in [9.17, 15) is 0 Å². The van der Waals surface area contributed by atoms with E-state index in [4.69, 9.17) is 4.74 Å². The topological polar surface area (TPSA) is 21.3 Å². The van der Waals surface area contributed by atoms with Crippen LogP contribution in [0, 0.1) is 5.92 Å². The third kappa shape index (κ3) is 2.20. The maximum absolute atomic E-state index is 5.52. The van der Waals surface area contributed by atoms with Crippen molar-refractivity contribution in [1.82, 2.24) is 5.32 Å². The molecule has 2 rings (SSSR count). The molecule has 12 heavy (non-hydrogen) atoms. The van der Waals surface area contributed by atoms with E-state index in [2.05, 4.69) is 5.32 Å². The highest BCUT2D eigenvalue weighted by Gasteiger charge is 2.18. The van der Waals surface area contributed by atoms with Crippen molar-refractivity contribution in [3.63, 3.8) is 0 Å². The Morgan fingerprint density at radius 3 is 2.58 bits per heavy atom. The molecule has 1 aliphatic carbocycles. The van der Waals surface area contributed by atoms with Crippen LogP contribution >= 0.6 is 0 Å². The van der Waals surface area contributed by atoms with Gasteiger partial charge in [-0.1, -0.05) is 6.42 Å². The Balaban J connectivity index is 1.49. The van der Waals surface area contributed by atoms with Gasteiger partial charge in [-0.2, -0.15) is 0 Å². The molecule has 1 saturated heterocycles. The lowest BCUT2D eigenvalue weighted by Gasteiger charge is -2.26. The van der Waals surface area contributed by atoms with E-state index in [0.29, 0.717) is 6.10 Å². The highest BCUT2D eigenvalue weighted by atomic mass is 16.5. The molecule has 70 valence electrons. The normalized spacial score (nSPS) is 30.5. The molecule has 2 fully saturated rings. The third-order valence-corrected chi connectivity index (χ3v) is 3.05. The molecule has 0 spiro atoms. The number of hydrogen-bond donors (Lipinski definition) is 1. The number of nitrogens with one attached hydrogen (secondary N) is 1. The van der Waals surface area contributed by atoms with Gasteiger partial charge in [-0.15, -0.1) is 0 Å². The van der Waals surface area contributed by atoms with Crippen LogP contribution in [0.3, 0.4) is 0 Å². The molecule has 0 bridgehead atoms. The van der Waals surface area contributed by atoms with Crippen LogP contribution in [0.25, 0.3) is 0 Å². The minimum Gasteiger partial charge on any atom is -0.377 e. The first kappa shape index (κ1) is 8.52. The van der Waals surface area contributed by atoms with Gasteiger partial charge >= 0.3 is 0 Å². The van der Waals surface area contributed by atoms with Crippen LogP contribution in [-0.2, 0) is 4.74 Å². The Bertz CT molecular complexity index is 128. The number of hydrogen-bond acceptors (Lipinski definition) is 2. The lowest BCUT2D eigenvalue weighted by Crippen LogP contribution is -2.32. The second-order valence-corrected chi connectivity index (χ2v) is 4.09. The molecular formula is C10H19NO. The van der Waals surface area contributed by atoms with Gasteiger partial charge in [0.15, 0.2) is 0 Å². The Morgan fingerprint density at radius 1 is 1.08 bits per heavy atom. The summed E-state index contributed by atoms with van der Waals surface area (Å²) in [6.07, 6.45) is 7.38. The van der Waals surface area contributed by atoms with Crippen molar-refractivity contribution in [2.75, 3.05) is 19.7 Å². The maximum Gasteiger partial charge on any atom is 0.0700 e. The van der Waals surface area contributed by atoms with Crippen molar-refractivity contribution < 1.29 is 4.74 Å². The Kier molecular flexibility index (Phi) is 3.01. The summed E-state index contributed by atoms with van der Waals surface area (Å²) in [5.74, 6) is 0.978. The lowest BCUT2D eigenvalue weighted by molar-refractivity contribution is 0.108. The Labute approximate surface area is 74.7 Å². The Morgan fingerprint density at radius 2 is 2.00 bits per heavy atom. The molecule has 0 unspecified atom stereocenters. The van der Waals surface area contributed by atoms with Crippen molar-refractivity contribution >= 4 is 0 Å². The van der Waals surface area contributed by atoms with Crippen molar-refractivity contribution in [3.05, 3.63) is 0 Å². The molecule has 2 nitrogen and oxygen atoms in total. The Hall–Kier alpha value is -0.0800. The zero-order valence-electron chi connectivity index (χ0n) is 7.72. The summed E-state index contributed by atoms with van der Waals surface area (Å²) in [5.41, 5.74) is 0. The minimum absolute atomic E-state index is 0.519. The summed E-state index contributed by atoms with van der Waals surface area (Å²) in [7, 11) is 0. The molecule has 2 heteroatoms. The van der Waals surface area contributed by atoms with Crippen LogP contribution in [0.5, 0.6) is 0 Å². The highest BCUT2D eigenvalue weighted by molar-refractivity contribution is 4.74. The first-order valence-electron chi connectivity index (χ1n) is 5.27. The average molecular weight is 169 g/mol. The highest BCUT2D eigenvalue weighted by Crippen LogP contribution is 2.25. The smallest absolute Gasteiger partial charge is 0.0700 e. The first-order chi connectivity index (χ1) is 5.95. The van der Waals surface area contributed by atoms with Crippen molar-refractivity contribution in [3.8, 4) is 0 Å². The van der Waals surface area contributed by atoms with Gasteiger partial charge in [0.1, 0.15) is 0 Å². The summed E-state index contributed by atoms with van der Waals surface area (Å²) >= 11 is 0. The molecule has 0 amide bonds. The van der Waals surface area contributed by atoms with Gasteiger partial charge in [-0.25, -0.2) is 0 Å². The quantitative estimate of drug-likeness (QED) is 0.689. The van der Waals surface area contributed by atoms with Gasteiger partial charge in [-0.3, -0.25) is 0 Å². The predicted molar refractivity (Wildman–Crippen MR) is 49.2 cm³/mol. The molecule has 0 radical (unpaired) electrons. The zero-order chi connectivity index (χ0) is 8.23. The predicted octanol–water partition coefficient (Wildman–Crippen LogP) is 1.56. The minimum atomic E-state index is 0.519. The van der Waals surface area contributed by atoms with Crippen molar-refractivity contribution in [2.45, 2.75) is 38.2 Å². The molecule has 1 saturated carbocycles. The lowest BCUT2D eigenvalue weighted by atomic mass is 9.85. The van der Waals surface area contributed by atoms with Crippen molar-refractivity contribution in [2.24, 2.45) is 5.92 Å². The van der Waals surface area contributed by atoms with Crippen LogP contribution in [0.2, 0.25) is 0 Å². The summed E-state index contributed by atoms with van der Waals surface area (Å²) in [4.78, 5) is 0. The second kappa shape index (κ2) is 4.24. The van der Waals surface area contributed by atoms with Crippen LogP contribution in [0.15, 0.2) is 0 Å². The van der Waals surface area contributed by atoms with E-state index in [-0.39, 0.29) is 0 Å². The molecule has 1 aliphatic heterocycles. The third-order valence-electron chi connectivity index (χ3n) is 3.05. The molecule has 1 atom stereocenters. The van der Waals surface area contributed by atoms with E-state index < -0.39 is 0 Å². The summed E-state index contributed by atoms with van der Waals surface area (Å²) < 4.78 is 5.52. The molecule has 0 aromatic carbocycles. The first-order valence-corrected chi connectivity index (χ1v) is 5.27. The fourth-order valence-corrected chi connectivity index (χ4v) is 1.95. The van der Waals surface area contributed by atoms with Gasteiger partial charge in [0, 0.05) is 13.2 Å². The van der Waals surface area contributed by atoms with E-state index in [1.807, 2.05) is 0 Å². The van der Waals surface area contributed by atoms with Gasteiger partial charge in [0.2, 0.25) is 0 Å². The van der Waals surface area contributed by atoms with Crippen molar-refractivity contribution in [1.29, 1.82) is 0 Å². The fraction of sp³-hybridized carbons (Fsp3) is 1.00. The molecular weight excluding hydrogens is 150 g/mol. The van der Waals surface area contributed by atoms with Crippen LogP contribution < -0.4 is 5.32 Å². The van der Waals surface area contributed by atoms with E-state index in [1.54, 1.807) is 0 Å².